The first-order valence-corrected chi connectivity index (χ1v) is 10.2. The third-order valence-electron chi connectivity index (χ3n) is 6.38. The average Bonchev–Trinajstić information content (AvgIpc) is 3.45. The minimum atomic E-state index is -0.473. The molecule has 1 saturated carbocycles. The van der Waals surface area contributed by atoms with E-state index in [0.29, 0.717) is 23.3 Å². The fourth-order valence-electron chi connectivity index (χ4n) is 4.84. The number of ether oxygens (including phenoxy) is 1. The molecule has 0 atom stereocenters. The minimum absolute atomic E-state index is 0.198. The summed E-state index contributed by atoms with van der Waals surface area (Å²) in [4.78, 5) is 20.6. The number of hydrogen-bond acceptors (Lipinski definition) is 6. The molecule has 7 nitrogen and oxygen atoms in total. The highest BCUT2D eigenvalue weighted by molar-refractivity contribution is 5.94. The van der Waals surface area contributed by atoms with Crippen LogP contribution in [0.25, 0.3) is 22.5 Å². The van der Waals surface area contributed by atoms with Crippen LogP contribution < -0.4 is 0 Å². The van der Waals surface area contributed by atoms with Crippen molar-refractivity contribution in [2.45, 2.75) is 44.1 Å². The molecule has 1 aliphatic heterocycles. The molecule has 4 aromatic rings. The molecule has 2 aromatic carbocycles. The topological polar surface area (TPSA) is 93.9 Å². The van der Waals surface area contributed by atoms with Crippen molar-refractivity contribution in [3.05, 3.63) is 65.3 Å². The van der Waals surface area contributed by atoms with Gasteiger partial charge in [0.05, 0.1) is 16.6 Å². The standard InChI is InChI=1S/C23H20N4O3/c1-13-26-27-21(29-13)15-6-7-18-19(12-15)25-20(24-18)14-8-10-23(11-9-14)17-5-3-2-4-16(17)22(28)30-23/h2-7,12,14H,8-11H2,1H3,(H,24,25). The number of rotatable bonds is 2. The van der Waals surface area contributed by atoms with Crippen molar-refractivity contribution in [3.8, 4) is 11.5 Å². The van der Waals surface area contributed by atoms with Gasteiger partial charge in [-0.15, -0.1) is 10.2 Å². The van der Waals surface area contributed by atoms with Crippen LogP contribution in [0, 0.1) is 6.92 Å². The second kappa shape index (κ2) is 6.26. The molecular weight excluding hydrogens is 380 g/mol. The van der Waals surface area contributed by atoms with Crippen LogP contribution >= 0.6 is 0 Å². The molecule has 7 heteroatoms. The summed E-state index contributed by atoms with van der Waals surface area (Å²) in [5, 5.41) is 7.99. The lowest BCUT2D eigenvalue weighted by Gasteiger charge is -2.35. The molecule has 0 radical (unpaired) electrons. The number of nitrogens with one attached hydrogen (secondary N) is 1. The smallest absolute Gasteiger partial charge is 0.339 e. The quantitative estimate of drug-likeness (QED) is 0.493. The summed E-state index contributed by atoms with van der Waals surface area (Å²) in [5.41, 5.74) is 4.02. The third-order valence-corrected chi connectivity index (χ3v) is 6.38. The number of imidazole rings is 1. The maximum Gasteiger partial charge on any atom is 0.339 e. The van der Waals surface area contributed by atoms with E-state index < -0.39 is 5.60 Å². The maximum atomic E-state index is 12.3. The van der Waals surface area contributed by atoms with Crippen molar-refractivity contribution in [3.63, 3.8) is 0 Å². The van der Waals surface area contributed by atoms with E-state index in [4.69, 9.17) is 14.1 Å². The molecular formula is C23H20N4O3. The van der Waals surface area contributed by atoms with Gasteiger partial charge in [-0.1, -0.05) is 18.2 Å². The number of aryl methyl sites for hydroxylation is 1. The Morgan fingerprint density at radius 2 is 1.93 bits per heavy atom. The van der Waals surface area contributed by atoms with E-state index in [9.17, 15) is 4.79 Å². The van der Waals surface area contributed by atoms with E-state index in [0.717, 1.165) is 53.7 Å². The van der Waals surface area contributed by atoms with Gasteiger partial charge in [-0.25, -0.2) is 9.78 Å². The second-order valence-electron chi connectivity index (χ2n) is 8.18. The Hall–Kier alpha value is -3.48. The van der Waals surface area contributed by atoms with Crippen molar-refractivity contribution < 1.29 is 13.9 Å². The lowest BCUT2D eigenvalue weighted by Crippen LogP contribution is -2.31. The van der Waals surface area contributed by atoms with Gasteiger partial charge < -0.3 is 14.1 Å². The van der Waals surface area contributed by atoms with Gasteiger partial charge in [0, 0.05) is 24.0 Å². The highest BCUT2D eigenvalue weighted by Gasteiger charge is 2.47. The molecule has 3 heterocycles. The Labute approximate surface area is 172 Å². The normalized spacial score (nSPS) is 23.1. The van der Waals surface area contributed by atoms with Crippen LogP contribution in [-0.4, -0.2) is 26.1 Å². The predicted octanol–water partition coefficient (Wildman–Crippen LogP) is 4.64. The van der Waals surface area contributed by atoms with Gasteiger partial charge in [-0.05, 0) is 49.9 Å². The molecule has 2 aliphatic rings. The fourth-order valence-corrected chi connectivity index (χ4v) is 4.84. The van der Waals surface area contributed by atoms with E-state index in [1.54, 1.807) is 6.92 Å². The number of benzene rings is 2. The number of hydrogen-bond donors (Lipinski definition) is 1. The molecule has 2 aromatic heterocycles. The van der Waals surface area contributed by atoms with Crippen molar-refractivity contribution in [2.24, 2.45) is 0 Å². The van der Waals surface area contributed by atoms with Crippen LogP contribution in [0.5, 0.6) is 0 Å². The Kier molecular flexibility index (Phi) is 3.63. The summed E-state index contributed by atoms with van der Waals surface area (Å²) in [6.07, 6.45) is 3.45. The molecule has 150 valence electrons. The molecule has 0 amide bonds. The summed E-state index contributed by atoms with van der Waals surface area (Å²) in [6, 6.07) is 13.7. The molecule has 0 bridgehead atoms. The number of carbonyl (C=O) groups excluding carboxylic acids is 1. The molecule has 0 saturated heterocycles. The highest BCUT2D eigenvalue weighted by Crippen LogP contribution is 2.49. The van der Waals surface area contributed by atoms with Crippen LogP contribution in [0.3, 0.4) is 0 Å². The Morgan fingerprint density at radius 1 is 1.10 bits per heavy atom. The number of esters is 1. The first-order valence-electron chi connectivity index (χ1n) is 10.2. The fraction of sp³-hybridized carbons (Fsp3) is 0.304. The average molecular weight is 400 g/mol. The van der Waals surface area contributed by atoms with Gasteiger partial charge in [0.25, 0.3) is 0 Å². The molecule has 1 N–H and O–H groups in total. The van der Waals surface area contributed by atoms with E-state index in [1.807, 2.05) is 42.5 Å². The lowest BCUT2D eigenvalue weighted by atomic mass is 9.75. The Bertz CT molecular complexity index is 1280. The van der Waals surface area contributed by atoms with Crippen molar-refractivity contribution in [1.29, 1.82) is 0 Å². The molecule has 30 heavy (non-hydrogen) atoms. The van der Waals surface area contributed by atoms with Crippen molar-refractivity contribution >= 4 is 17.0 Å². The summed E-state index contributed by atoms with van der Waals surface area (Å²) < 4.78 is 11.4. The van der Waals surface area contributed by atoms with Crippen molar-refractivity contribution in [1.82, 2.24) is 20.2 Å². The second-order valence-corrected chi connectivity index (χ2v) is 8.18. The van der Waals surface area contributed by atoms with Crippen LogP contribution in [0.1, 0.15) is 59.2 Å². The lowest BCUT2D eigenvalue weighted by molar-refractivity contribution is -0.0312. The number of aromatic amines is 1. The SMILES string of the molecule is Cc1nnc(-c2ccc3nc(C4CCC5(CC4)OC(=O)c4ccccc45)[nH]c3c2)o1. The zero-order chi connectivity index (χ0) is 20.3. The number of H-pyrrole nitrogens is 1. The van der Waals surface area contributed by atoms with Crippen LogP contribution in [0.15, 0.2) is 46.9 Å². The first kappa shape index (κ1) is 17.4. The zero-order valence-electron chi connectivity index (χ0n) is 16.5. The van der Waals surface area contributed by atoms with Gasteiger partial charge in [-0.2, -0.15) is 0 Å². The Balaban J connectivity index is 1.26. The number of aromatic nitrogens is 4. The first-order chi connectivity index (χ1) is 14.6. The van der Waals surface area contributed by atoms with Crippen molar-refractivity contribution in [2.75, 3.05) is 0 Å². The summed E-state index contributed by atoms with van der Waals surface area (Å²) in [6.45, 7) is 1.78. The Morgan fingerprint density at radius 3 is 2.73 bits per heavy atom. The van der Waals surface area contributed by atoms with E-state index in [-0.39, 0.29) is 5.97 Å². The molecule has 0 unspecified atom stereocenters. The molecule has 6 rings (SSSR count). The predicted molar refractivity (Wildman–Crippen MR) is 109 cm³/mol. The van der Waals surface area contributed by atoms with Gasteiger partial charge in [0.1, 0.15) is 11.4 Å². The minimum Gasteiger partial charge on any atom is -0.451 e. The van der Waals surface area contributed by atoms with E-state index in [2.05, 4.69) is 15.2 Å². The van der Waals surface area contributed by atoms with Crippen LogP contribution in [0.4, 0.5) is 0 Å². The molecule has 1 fully saturated rings. The van der Waals surface area contributed by atoms with Crippen LogP contribution in [0.2, 0.25) is 0 Å². The van der Waals surface area contributed by atoms with Gasteiger partial charge in [0.2, 0.25) is 11.8 Å². The largest absolute Gasteiger partial charge is 0.451 e. The molecule has 1 spiro atoms. The zero-order valence-corrected chi connectivity index (χ0v) is 16.5. The van der Waals surface area contributed by atoms with E-state index >= 15 is 0 Å². The maximum absolute atomic E-state index is 12.3. The summed E-state index contributed by atoms with van der Waals surface area (Å²) >= 11 is 0. The van der Waals surface area contributed by atoms with Crippen LogP contribution in [-0.2, 0) is 10.3 Å². The summed E-state index contributed by atoms with van der Waals surface area (Å²) in [5.74, 6) is 2.14. The summed E-state index contributed by atoms with van der Waals surface area (Å²) in [7, 11) is 0. The molecule has 1 aliphatic carbocycles. The van der Waals surface area contributed by atoms with Gasteiger partial charge in [0.15, 0.2) is 0 Å². The third kappa shape index (κ3) is 2.58. The number of carbonyl (C=O) groups is 1. The monoisotopic (exact) mass is 400 g/mol. The number of nitrogens with zero attached hydrogens (tertiary/aromatic N) is 3. The van der Waals surface area contributed by atoms with Gasteiger partial charge >= 0.3 is 5.97 Å². The van der Waals surface area contributed by atoms with E-state index in [1.165, 1.54) is 0 Å². The van der Waals surface area contributed by atoms with Gasteiger partial charge in [-0.3, -0.25) is 0 Å². The highest BCUT2D eigenvalue weighted by atomic mass is 16.6. The number of fused-ring (bicyclic) bond motifs is 3.